The molecule has 1 aliphatic rings. The first-order chi connectivity index (χ1) is 4.54. The molecule has 2 atom stereocenters. The largest absolute Gasteiger partial charge is 0.296 e. The zero-order chi connectivity index (χ0) is 7.78. The van der Waals surface area contributed by atoms with Crippen LogP contribution in [0, 0.1) is 0 Å². The van der Waals surface area contributed by atoms with Crippen LogP contribution in [-0.2, 0) is 4.79 Å². The van der Waals surface area contributed by atoms with Crippen LogP contribution in [0.5, 0.6) is 0 Å². The first-order valence-electron chi connectivity index (χ1n) is 3.40. The molecule has 0 aromatic heterocycles. The summed E-state index contributed by atoms with van der Waals surface area (Å²) in [7, 11) is 0. The van der Waals surface area contributed by atoms with Gasteiger partial charge in [-0.2, -0.15) is 0 Å². The fourth-order valence-electron chi connectivity index (χ4n) is 1.20. The molecular weight excluding hydrogens is 138 g/mol. The highest BCUT2D eigenvalue weighted by Gasteiger charge is 2.42. The van der Waals surface area contributed by atoms with Gasteiger partial charge in [0.15, 0.2) is 12.0 Å². The molecular formula is C7H10F2O. The molecule has 0 heterocycles. The van der Waals surface area contributed by atoms with Crippen molar-refractivity contribution in [2.45, 2.75) is 38.0 Å². The molecule has 0 spiro atoms. The Kier molecular flexibility index (Phi) is 1.75. The van der Waals surface area contributed by atoms with E-state index in [1.54, 1.807) is 0 Å². The second-order valence-electron chi connectivity index (χ2n) is 2.96. The van der Waals surface area contributed by atoms with Crippen molar-refractivity contribution < 1.29 is 13.6 Å². The highest BCUT2D eigenvalue weighted by Crippen LogP contribution is 2.31. The predicted octanol–water partition coefficient (Wildman–Crippen LogP) is 1.81. The van der Waals surface area contributed by atoms with Crippen LogP contribution in [0.2, 0.25) is 0 Å². The zero-order valence-electron chi connectivity index (χ0n) is 5.86. The van der Waals surface area contributed by atoms with Crippen molar-refractivity contribution in [1.82, 2.24) is 0 Å². The minimum atomic E-state index is -1.91. The van der Waals surface area contributed by atoms with Gasteiger partial charge in [-0.25, -0.2) is 8.78 Å². The standard InChI is InChI=1S/C7H10F2O/c1-7(9)4-2-3-5(10)6(7)8/h6H,2-4H2,1H3. The lowest BCUT2D eigenvalue weighted by Crippen LogP contribution is -2.41. The van der Waals surface area contributed by atoms with Crippen molar-refractivity contribution in [1.29, 1.82) is 0 Å². The van der Waals surface area contributed by atoms with Crippen molar-refractivity contribution in [3.63, 3.8) is 0 Å². The monoisotopic (exact) mass is 148 g/mol. The molecule has 3 heteroatoms. The van der Waals surface area contributed by atoms with Crippen molar-refractivity contribution in [3.05, 3.63) is 0 Å². The summed E-state index contributed by atoms with van der Waals surface area (Å²) in [5.41, 5.74) is -1.91. The number of ketones is 1. The third kappa shape index (κ3) is 1.18. The van der Waals surface area contributed by atoms with Gasteiger partial charge >= 0.3 is 0 Å². The fraction of sp³-hybridized carbons (Fsp3) is 0.857. The smallest absolute Gasteiger partial charge is 0.191 e. The fourth-order valence-corrected chi connectivity index (χ4v) is 1.20. The van der Waals surface area contributed by atoms with Crippen LogP contribution in [-0.4, -0.2) is 17.6 Å². The molecule has 1 saturated carbocycles. The van der Waals surface area contributed by atoms with Gasteiger partial charge in [-0.1, -0.05) is 0 Å². The minimum Gasteiger partial charge on any atom is -0.296 e. The lowest BCUT2D eigenvalue weighted by molar-refractivity contribution is -0.132. The number of rotatable bonds is 0. The second-order valence-corrected chi connectivity index (χ2v) is 2.96. The molecule has 1 fully saturated rings. The Morgan fingerprint density at radius 2 is 2.30 bits per heavy atom. The van der Waals surface area contributed by atoms with Crippen LogP contribution in [0.3, 0.4) is 0 Å². The Hall–Kier alpha value is -0.470. The lowest BCUT2D eigenvalue weighted by atomic mass is 9.85. The summed E-state index contributed by atoms with van der Waals surface area (Å²) in [5, 5.41) is 0. The quantitative estimate of drug-likeness (QED) is 0.512. The summed E-state index contributed by atoms with van der Waals surface area (Å²) in [6, 6.07) is 0. The average molecular weight is 148 g/mol. The second kappa shape index (κ2) is 2.29. The van der Waals surface area contributed by atoms with E-state index in [9.17, 15) is 13.6 Å². The molecule has 58 valence electrons. The molecule has 0 aromatic carbocycles. The van der Waals surface area contributed by atoms with Gasteiger partial charge in [0.25, 0.3) is 0 Å². The Balaban J connectivity index is 2.69. The number of carbonyl (C=O) groups excluding carboxylic acids is 1. The molecule has 0 aromatic rings. The minimum absolute atomic E-state index is 0.167. The molecule has 10 heavy (non-hydrogen) atoms. The van der Waals surface area contributed by atoms with E-state index in [0.29, 0.717) is 6.42 Å². The van der Waals surface area contributed by atoms with E-state index >= 15 is 0 Å². The van der Waals surface area contributed by atoms with Gasteiger partial charge in [0.2, 0.25) is 0 Å². The van der Waals surface area contributed by atoms with Gasteiger partial charge in [0, 0.05) is 6.42 Å². The Labute approximate surface area is 58.4 Å². The first-order valence-corrected chi connectivity index (χ1v) is 3.40. The summed E-state index contributed by atoms with van der Waals surface area (Å²) in [6.45, 7) is 1.15. The van der Waals surface area contributed by atoms with E-state index in [2.05, 4.69) is 0 Å². The van der Waals surface area contributed by atoms with Gasteiger partial charge in [0.05, 0.1) is 0 Å². The number of alkyl halides is 2. The maximum atomic E-state index is 12.9. The average Bonchev–Trinajstić information content (AvgIpc) is 1.83. The number of halogens is 2. The maximum absolute atomic E-state index is 12.9. The highest BCUT2D eigenvalue weighted by atomic mass is 19.2. The van der Waals surface area contributed by atoms with Gasteiger partial charge in [-0.3, -0.25) is 4.79 Å². The van der Waals surface area contributed by atoms with Crippen LogP contribution in [0.1, 0.15) is 26.2 Å². The molecule has 0 aliphatic heterocycles. The van der Waals surface area contributed by atoms with Crippen molar-refractivity contribution >= 4 is 5.78 Å². The van der Waals surface area contributed by atoms with Crippen LogP contribution in [0.15, 0.2) is 0 Å². The summed E-state index contributed by atoms with van der Waals surface area (Å²) < 4.78 is 25.5. The SMILES string of the molecule is CC1(F)CCCC(=O)C1F. The number of hydrogen-bond donors (Lipinski definition) is 0. The van der Waals surface area contributed by atoms with E-state index in [0.717, 1.165) is 6.92 Å². The number of Topliss-reactive ketones (excluding diaryl/α,β-unsaturated/α-hetero) is 1. The Morgan fingerprint density at radius 3 is 2.70 bits per heavy atom. The van der Waals surface area contributed by atoms with E-state index in [4.69, 9.17) is 0 Å². The molecule has 0 saturated heterocycles. The summed E-state index contributed by atoms with van der Waals surface area (Å²) in [5.74, 6) is -0.587. The highest BCUT2D eigenvalue weighted by molar-refractivity contribution is 5.85. The lowest BCUT2D eigenvalue weighted by Gasteiger charge is -2.27. The Morgan fingerprint density at radius 1 is 1.70 bits per heavy atom. The van der Waals surface area contributed by atoms with E-state index in [-0.39, 0.29) is 12.8 Å². The molecule has 0 bridgehead atoms. The molecule has 1 nitrogen and oxygen atoms in total. The third-order valence-corrected chi connectivity index (χ3v) is 1.90. The molecule has 1 rings (SSSR count). The van der Waals surface area contributed by atoms with Gasteiger partial charge in [-0.15, -0.1) is 0 Å². The summed E-state index contributed by atoms with van der Waals surface area (Å²) in [4.78, 5) is 10.6. The van der Waals surface area contributed by atoms with Crippen LogP contribution >= 0.6 is 0 Å². The van der Waals surface area contributed by atoms with Crippen LogP contribution in [0.4, 0.5) is 8.78 Å². The Bertz CT molecular complexity index is 154. The van der Waals surface area contributed by atoms with E-state index in [1.807, 2.05) is 0 Å². The normalized spacial score (nSPS) is 41.9. The van der Waals surface area contributed by atoms with Crippen LogP contribution < -0.4 is 0 Å². The molecule has 2 unspecified atom stereocenters. The van der Waals surface area contributed by atoms with Crippen molar-refractivity contribution in [2.24, 2.45) is 0 Å². The van der Waals surface area contributed by atoms with Gasteiger partial charge < -0.3 is 0 Å². The summed E-state index contributed by atoms with van der Waals surface area (Å²) in [6.07, 6.45) is -1.05. The maximum Gasteiger partial charge on any atom is 0.191 e. The molecule has 0 N–H and O–H groups in total. The molecule has 1 aliphatic carbocycles. The van der Waals surface area contributed by atoms with Crippen LogP contribution in [0.25, 0.3) is 0 Å². The van der Waals surface area contributed by atoms with Gasteiger partial charge in [-0.05, 0) is 19.8 Å². The number of carbonyl (C=O) groups is 1. The third-order valence-electron chi connectivity index (χ3n) is 1.90. The summed E-state index contributed by atoms with van der Waals surface area (Å²) >= 11 is 0. The van der Waals surface area contributed by atoms with Crippen molar-refractivity contribution in [3.8, 4) is 0 Å². The predicted molar refractivity (Wildman–Crippen MR) is 33.3 cm³/mol. The van der Waals surface area contributed by atoms with E-state index in [1.165, 1.54) is 0 Å². The van der Waals surface area contributed by atoms with Crippen molar-refractivity contribution in [2.75, 3.05) is 0 Å². The number of hydrogen-bond acceptors (Lipinski definition) is 1. The van der Waals surface area contributed by atoms with E-state index < -0.39 is 17.6 Å². The first kappa shape index (κ1) is 7.63. The van der Waals surface area contributed by atoms with Gasteiger partial charge in [0.1, 0.15) is 5.67 Å². The molecule has 0 radical (unpaired) electrons. The zero-order valence-corrected chi connectivity index (χ0v) is 5.86. The molecule has 0 amide bonds. The topological polar surface area (TPSA) is 17.1 Å².